The first kappa shape index (κ1) is 13.7. The van der Waals surface area contributed by atoms with Gasteiger partial charge >= 0.3 is 0 Å². The molecule has 0 amide bonds. The van der Waals surface area contributed by atoms with Crippen molar-refractivity contribution in [1.82, 2.24) is 0 Å². The fraction of sp³-hybridized carbons (Fsp3) is 0.562. The lowest BCUT2D eigenvalue weighted by Crippen LogP contribution is -2.40. The molecule has 1 unspecified atom stereocenters. The second-order valence-electron chi connectivity index (χ2n) is 6.12. The van der Waals surface area contributed by atoms with Crippen LogP contribution in [0, 0.1) is 11.3 Å². The zero-order valence-electron chi connectivity index (χ0n) is 12.2. The van der Waals surface area contributed by atoms with Crippen LogP contribution in [-0.4, -0.2) is 19.2 Å². The maximum absolute atomic E-state index is 9.00. The van der Waals surface area contributed by atoms with Gasteiger partial charge in [-0.15, -0.1) is 0 Å². The van der Waals surface area contributed by atoms with Crippen LogP contribution in [0.15, 0.2) is 18.2 Å². The van der Waals surface area contributed by atoms with Crippen molar-refractivity contribution in [1.29, 1.82) is 5.26 Å². The van der Waals surface area contributed by atoms with Crippen LogP contribution < -0.4 is 9.64 Å². The van der Waals surface area contributed by atoms with E-state index in [1.165, 1.54) is 5.56 Å². The van der Waals surface area contributed by atoms with Gasteiger partial charge in [0.1, 0.15) is 18.4 Å². The molecule has 19 heavy (non-hydrogen) atoms. The summed E-state index contributed by atoms with van der Waals surface area (Å²) < 4.78 is 5.97. The average molecular weight is 258 g/mol. The highest BCUT2D eigenvalue weighted by molar-refractivity contribution is 5.63. The molecule has 0 spiro atoms. The van der Waals surface area contributed by atoms with Gasteiger partial charge in [-0.25, -0.2) is 0 Å². The second-order valence-corrected chi connectivity index (χ2v) is 6.12. The molecule has 1 heterocycles. The maximum Gasteiger partial charge on any atom is 0.143 e. The van der Waals surface area contributed by atoms with Crippen molar-refractivity contribution in [3.05, 3.63) is 23.8 Å². The Kier molecular flexibility index (Phi) is 3.71. The molecule has 3 nitrogen and oxygen atoms in total. The molecule has 1 atom stereocenters. The van der Waals surface area contributed by atoms with Crippen LogP contribution in [0.4, 0.5) is 5.69 Å². The van der Waals surface area contributed by atoms with E-state index < -0.39 is 0 Å². The Morgan fingerprint density at radius 3 is 2.74 bits per heavy atom. The van der Waals surface area contributed by atoms with E-state index in [9.17, 15) is 0 Å². The van der Waals surface area contributed by atoms with Crippen molar-refractivity contribution in [3.8, 4) is 11.8 Å². The second kappa shape index (κ2) is 5.13. The minimum Gasteiger partial charge on any atom is -0.486 e. The molecule has 1 aromatic carbocycles. The SMILES string of the molecule is CCC1CN(CC#N)c2cc(C(C)(C)C)ccc2O1. The third-order valence-electron chi connectivity index (χ3n) is 3.60. The molecule has 0 aliphatic carbocycles. The fourth-order valence-corrected chi connectivity index (χ4v) is 2.34. The number of hydrogen-bond donors (Lipinski definition) is 0. The van der Waals surface area contributed by atoms with Crippen molar-refractivity contribution < 1.29 is 4.74 Å². The predicted molar refractivity (Wildman–Crippen MR) is 77.7 cm³/mol. The Hall–Kier alpha value is -1.69. The number of hydrogen-bond acceptors (Lipinski definition) is 3. The molecule has 102 valence electrons. The summed E-state index contributed by atoms with van der Waals surface area (Å²) in [5.74, 6) is 0.904. The van der Waals surface area contributed by atoms with Gasteiger partial charge in [0.05, 0.1) is 18.3 Å². The van der Waals surface area contributed by atoms with Gasteiger partial charge in [-0.05, 0) is 29.5 Å². The molecule has 1 aliphatic heterocycles. The zero-order valence-corrected chi connectivity index (χ0v) is 12.2. The lowest BCUT2D eigenvalue weighted by Gasteiger charge is -2.35. The molecule has 1 aliphatic rings. The standard InChI is InChI=1S/C16H22N2O/c1-5-13-11-18(9-8-17)14-10-12(16(2,3)4)6-7-15(14)19-13/h6-7,10,13H,5,9,11H2,1-4H3. The first-order chi connectivity index (χ1) is 8.95. The Morgan fingerprint density at radius 2 is 2.16 bits per heavy atom. The molecule has 0 aromatic heterocycles. The van der Waals surface area contributed by atoms with Gasteiger partial charge in [0.2, 0.25) is 0 Å². The smallest absolute Gasteiger partial charge is 0.143 e. The van der Waals surface area contributed by atoms with Crippen molar-refractivity contribution in [2.24, 2.45) is 0 Å². The number of ether oxygens (including phenoxy) is 1. The van der Waals surface area contributed by atoms with Gasteiger partial charge in [0.15, 0.2) is 0 Å². The molecular weight excluding hydrogens is 236 g/mol. The van der Waals surface area contributed by atoms with Crippen LogP contribution in [0.1, 0.15) is 39.7 Å². The molecule has 0 bridgehead atoms. The molecule has 0 N–H and O–H groups in total. The van der Waals surface area contributed by atoms with Crippen molar-refractivity contribution in [2.75, 3.05) is 18.0 Å². The van der Waals surface area contributed by atoms with Gasteiger partial charge in [-0.3, -0.25) is 0 Å². The lowest BCUT2D eigenvalue weighted by atomic mass is 9.86. The van der Waals surface area contributed by atoms with E-state index in [2.05, 4.69) is 50.8 Å². The average Bonchev–Trinajstić information content (AvgIpc) is 2.37. The number of nitrogens with zero attached hydrogens (tertiary/aromatic N) is 2. The first-order valence-electron chi connectivity index (χ1n) is 6.88. The molecule has 2 rings (SSSR count). The summed E-state index contributed by atoms with van der Waals surface area (Å²) >= 11 is 0. The number of rotatable bonds is 2. The third-order valence-corrected chi connectivity index (χ3v) is 3.60. The van der Waals surface area contributed by atoms with E-state index in [-0.39, 0.29) is 11.5 Å². The Bertz CT molecular complexity index is 496. The topological polar surface area (TPSA) is 36.3 Å². The normalized spacial score (nSPS) is 18.5. The van der Waals surface area contributed by atoms with Crippen molar-refractivity contribution in [2.45, 2.75) is 45.6 Å². The monoisotopic (exact) mass is 258 g/mol. The van der Waals surface area contributed by atoms with Crippen molar-refractivity contribution in [3.63, 3.8) is 0 Å². The van der Waals surface area contributed by atoms with E-state index in [4.69, 9.17) is 10.00 Å². The van der Waals surface area contributed by atoms with Crippen LogP contribution >= 0.6 is 0 Å². The Morgan fingerprint density at radius 1 is 1.42 bits per heavy atom. The largest absolute Gasteiger partial charge is 0.486 e. The maximum atomic E-state index is 9.00. The molecule has 1 aromatic rings. The molecule has 0 fully saturated rings. The highest BCUT2D eigenvalue weighted by Gasteiger charge is 2.26. The Labute approximate surface area is 115 Å². The summed E-state index contributed by atoms with van der Waals surface area (Å²) in [6.07, 6.45) is 1.14. The summed E-state index contributed by atoms with van der Waals surface area (Å²) in [4.78, 5) is 2.13. The fourth-order valence-electron chi connectivity index (χ4n) is 2.34. The molecule has 3 heteroatoms. The van der Waals surface area contributed by atoms with Crippen LogP contribution in [0.3, 0.4) is 0 Å². The minimum absolute atomic E-state index is 0.106. The molecule has 0 radical (unpaired) electrons. The molecular formula is C16H22N2O. The van der Waals surface area contributed by atoms with E-state index >= 15 is 0 Å². The van der Waals surface area contributed by atoms with Crippen LogP contribution in [0.5, 0.6) is 5.75 Å². The van der Waals surface area contributed by atoms with E-state index in [0.29, 0.717) is 6.54 Å². The van der Waals surface area contributed by atoms with Gasteiger partial charge in [0.25, 0.3) is 0 Å². The lowest BCUT2D eigenvalue weighted by molar-refractivity contribution is 0.190. The zero-order chi connectivity index (χ0) is 14.0. The first-order valence-corrected chi connectivity index (χ1v) is 6.88. The van der Waals surface area contributed by atoms with Gasteiger partial charge in [-0.1, -0.05) is 33.8 Å². The van der Waals surface area contributed by atoms with Crippen LogP contribution in [-0.2, 0) is 5.41 Å². The predicted octanol–water partition coefficient (Wildman–Crippen LogP) is 3.49. The van der Waals surface area contributed by atoms with Crippen LogP contribution in [0.2, 0.25) is 0 Å². The van der Waals surface area contributed by atoms with E-state index in [1.54, 1.807) is 0 Å². The number of anilines is 1. The highest BCUT2D eigenvalue weighted by atomic mass is 16.5. The summed E-state index contributed by atoms with van der Waals surface area (Å²) in [6, 6.07) is 8.59. The van der Waals surface area contributed by atoms with Gasteiger partial charge in [0, 0.05) is 0 Å². The summed E-state index contributed by atoms with van der Waals surface area (Å²) in [7, 11) is 0. The third kappa shape index (κ3) is 2.84. The summed E-state index contributed by atoms with van der Waals surface area (Å²) in [5, 5.41) is 9.00. The van der Waals surface area contributed by atoms with Gasteiger partial charge in [-0.2, -0.15) is 5.26 Å². The summed E-state index contributed by atoms with van der Waals surface area (Å²) in [5.41, 5.74) is 2.43. The summed E-state index contributed by atoms with van der Waals surface area (Å²) in [6.45, 7) is 9.92. The quantitative estimate of drug-likeness (QED) is 0.762. The van der Waals surface area contributed by atoms with E-state index in [1.807, 2.05) is 6.07 Å². The molecule has 0 saturated heterocycles. The highest BCUT2D eigenvalue weighted by Crippen LogP contribution is 2.37. The van der Waals surface area contributed by atoms with E-state index in [0.717, 1.165) is 24.4 Å². The number of fused-ring (bicyclic) bond motifs is 1. The Balaban J connectivity index is 2.41. The van der Waals surface area contributed by atoms with Gasteiger partial charge < -0.3 is 9.64 Å². The minimum atomic E-state index is 0.106. The number of nitriles is 1. The molecule has 0 saturated carbocycles. The van der Waals surface area contributed by atoms with Crippen LogP contribution in [0.25, 0.3) is 0 Å². The van der Waals surface area contributed by atoms with Crippen molar-refractivity contribution >= 4 is 5.69 Å². The number of benzene rings is 1.